The van der Waals surface area contributed by atoms with Gasteiger partial charge in [-0.1, -0.05) is 107 Å². The highest BCUT2D eigenvalue weighted by atomic mass is 35.5. The Morgan fingerprint density at radius 1 is 0.904 bits per heavy atom. The maximum absolute atomic E-state index is 7.63. The van der Waals surface area contributed by atoms with Gasteiger partial charge in [-0.15, -0.1) is 0 Å². The zero-order valence-electron chi connectivity index (χ0n) is 31.4. The number of nitrogens with one attached hydrogen (secondary N) is 1. The normalized spacial score (nSPS) is 28.9. The standard InChI is InChI=1S/C42H54ClN5O3Si/c1-40(2,3)52(29-20-8-6-9-21-29,30-22-10-7-11-23-30)49-25-42-24-31(42)34(35-36(42)51-41(4,5)50-35)48-26-44-33-37(46-39(43)47-38(33)48)45-32(27-16-12-13-17-27)28-18-14-15-19-28/h6-11,20-23,26-28,31-32,34-36H,12-19,24-25H2,1-5H3,(H,45,46,47)/t31-,34-,35+,36+,42+/m1/s1. The van der Waals surface area contributed by atoms with E-state index < -0.39 is 14.1 Å². The molecule has 8 nitrogen and oxygen atoms in total. The molecule has 0 bridgehead atoms. The molecule has 1 aliphatic heterocycles. The van der Waals surface area contributed by atoms with Crippen LogP contribution in [0.1, 0.15) is 98.4 Å². The second kappa shape index (κ2) is 12.9. The summed E-state index contributed by atoms with van der Waals surface area (Å²) in [6, 6.07) is 22.2. The van der Waals surface area contributed by atoms with E-state index in [4.69, 9.17) is 40.5 Å². The first kappa shape index (κ1) is 34.9. The van der Waals surface area contributed by atoms with E-state index in [0.29, 0.717) is 24.5 Å². The fraction of sp³-hybridized carbons (Fsp3) is 0.595. The molecule has 5 fully saturated rings. The van der Waals surface area contributed by atoms with Crippen LogP contribution in [0.5, 0.6) is 0 Å². The highest BCUT2D eigenvalue weighted by molar-refractivity contribution is 6.99. The van der Waals surface area contributed by atoms with Crippen LogP contribution in [0.4, 0.5) is 5.82 Å². The van der Waals surface area contributed by atoms with E-state index in [1.165, 1.54) is 61.7 Å². The molecule has 52 heavy (non-hydrogen) atoms. The summed E-state index contributed by atoms with van der Waals surface area (Å²) in [4.78, 5) is 14.7. The highest BCUT2D eigenvalue weighted by Crippen LogP contribution is 2.72. The number of hydrogen-bond donors (Lipinski definition) is 1. The van der Waals surface area contributed by atoms with Crippen molar-refractivity contribution in [3.8, 4) is 0 Å². The van der Waals surface area contributed by atoms with Crippen molar-refractivity contribution in [1.82, 2.24) is 19.5 Å². The third-order valence-corrected chi connectivity index (χ3v) is 18.6. The van der Waals surface area contributed by atoms with E-state index in [0.717, 1.165) is 23.4 Å². The number of rotatable bonds is 10. The first-order chi connectivity index (χ1) is 25.0. The smallest absolute Gasteiger partial charge is 0.261 e. The zero-order chi connectivity index (χ0) is 35.9. The van der Waals surface area contributed by atoms with E-state index in [9.17, 15) is 0 Å². The van der Waals surface area contributed by atoms with E-state index in [-0.39, 0.29) is 39.9 Å². The van der Waals surface area contributed by atoms with Gasteiger partial charge < -0.3 is 23.8 Å². The van der Waals surface area contributed by atoms with Crippen LogP contribution in [0.25, 0.3) is 11.2 Å². The minimum absolute atomic E-state index is 0.0150. The first-order valence-electron chi connectivity index (χ1n) is 19.8. The van der Waals surface area contributed by atoms with Crippen LogP contribution < -0.4 is 15.7 Å². The quantitative estimate of drug-likeness (QED) is 0.129. The van der Waals surface area contributed by atoms with Gasteiger partial charge in [0.25, 0.3) is 8.32 Å². The van der Waals surface area contributed by atoms with Gasteiger partial charge in [0, 0.05) is 18.1 Å². The Hall–Kier alpha value is -2.82. The molecule has 4 saturated carbocycles. The lowest BCUT2D eigenvalue weighted by Gasteiger charge is -2.44. The monoisotopic (exact) mass is 739 g/mol. The molecule has 2 aromatic carbocycles. The Labute approximate surface area is 314 Å². The number of aromatic nitrogens is 4. The van der Waals surface area contributed by atoms with Crippen LogP contribution in [0, 0.1) is 23.2 Å². The van der Waals surface area contributed by atoms with Crippen LogP contribution in [0.15, 0.2) is 67.0 Å². The molecule has 0 unspecified atom stereocenters. The summed E-state index contributed by atoms with van der Waals surface area (Å²) in [5, 5.41) is 6.65. The Morgan fingerprint density at radius 3 is 2.08 bits per heavy atom. The van der Waals surface area contributed by atoms with Crippen molar-refractivity contribution >= 4 is 47.3 Å². The Balaban J connectivity index is 1.07. The largest absolute Gasteiger partial charge is 0.407 e. The summed E-state index contributed by atoms with van der Waals surface area (Å²) in [5.41, 5.74) is 1.37. The fourth-order valence-electron chi connectivity index (χ4n) is 11.1. The number of halogens is 1. The third-order valence-electron chi connectivity index (χ3n) is 13.4. The van der Waals surface area contributed by atoms with E-state index in [2.05, 4.69) is 91.3 Å². The van der Waals surface area contributed by atoms with Gasteiger partial charge in [0.15, 0.2) is 22.8 Å². The number of nitrogens with zero attached hydrogens (tertiary/aromatic N) is 4. The van der Waals surface area contributed by atoms with Crippen LogP contribution in [-0.4, -0.2) is 58.5 Å². The lowest BCUT2D eigenvalue weighted by molar-refractivity contribution is -0.162. The average molecular weight is 740 g/mol. The van der Waals surface area contributed by atoms with Crippen molar-refractivity contribution in [3.63, 3.8) is 0 Å². The molecule has 5 atom stereocenters. The molecule has 1 N–H and O–H groups in total. The molecule has 2 aromatic heterocycles. The highest BCUT2D eigenvalue weighted by Gasteiger charge is 2.76. The zero-order valence-corrected chi connectivity index (χ0v) is 33.1. The number of hydrogen-bond acceptors (Lipinski definition) is 7. The summed E-state index contributed by atoms with van der Waals surface area (Å²) in [6.45, 7) is 11.7. The molecule has 4 aromatic rings. The first-order valence-corrected chi connectivity index (χ1v) is 22.1. The van der Waals surface area contributed by atoms with Crippen molar-refractivity contribution in [3.05, 3.63) is 72.3 Å². The van der Waals surface area contributed by atoms with Crippen molar-refractivity contribution in [1.29, 1.82) is 0 Å². The minimum atomic E-state index is -2.76. The van der Waals surface area contributed by atoms with Crippen molar-refractivity contribution in [2.24, 2.45) is 23.2 Å². The van der Waals surface area contributed by atoms with Gasteiger partial charge in [-0.05, 0) is 90.7 Å². The molecular formula is C42H54ClN5O3Si. The van der Waals surface area contributed by atoms with E-state index >= 15 is 0 Å². The predicted molar refractivity (Wildman–Crippen MR) is 209 cm³/mol. The average Bonchev–Trinajstić information content (AvgIpc) is 3.77. The summed E-state index contributed by atoms with van der Waals surface area (Å²) < 4.78 is 23.5. The molecule has 0 spiro atoms. The minimum Gasteiger partial charge on any atom is -0.407 e. The number of anilines is 1. The topological polar surface area (TPSA) is 83.3 Å². The Bertz CT molecular complexity index is 1850. The molecule has 0 radical (unpaired) electrons. The molecule has 276 valence electrons. The van der Waals surface area contributed by atoms with Crippen LogP contribution in [-0.2, 0) is 13.9 Å². The van der Waals surface area contributed by atoms with Gasteiger partial charge in [-0.3, -0.25) is 0 Å². The lowest BCUT2D eigenvalue weighted by atomic mass is 9.86. The van der Waals surface area contributed by atoms with Gasteiger partial charge in [0.2, 0.25) is 5.28 Å². The predicted octanol–water partition coefficient (Wildman–Crippen LogP) is 8.30. The van der Waals surface area contributed by atoms with Gasteiger partial charge in [0.05, 0.1) is 18.5 Å². The fourth-order valence-corrected chi connectivity index (χ4v) is 15.9. The molecule has 10 heteroatoms. The Kier molecular flexibility index (Phi) is 8.66. The SMILES string of the molecule is CC1(C)O[C@H]2[C@H](n3cnc4c(NC(C5CCCC5)C5CCCC5)nc(Cl)nc43)[C@H]3C[C@@]3(CO[Si](c3ccccc3)(c3ccccc3)C(C)(C)C)[C@H]2O1. The van der Waals surface area contributed by atoms with E-state index in [1.54, 1.807) is 0 Å². The molecular weight excluding hydrogens is 686 g/mol. The van der Waals surface area contributed by atoms with Crippen LogP contribution in [0.2, 0.25) is 10.3 Å². The number of ether oxygens (including phenoxy) is 2. The van der Waals surface area contributed by atoms with Crippen LogP contribution >= 0.6 is 11.6 Å². The summed E-state index contributed by atoms with van der Waals surface area (Å²) in [7, 11) is -2.76. The summed E-state index contributed by atoms with van der Waals surface area (Å²) in [6.07, 6.45) is 13.0. The Morgan fingerprint density at radius 2 is 1.50 bits per heavy atom. The van der Waals surface area contributed by atoms with Crippen LogP contribution in [0.3, 0.4) is 0 Å². The second-order valence-corrected chi connectivity index (χ2v) is 22.6. The number of benzene rings is 2. The van der Waals surface area contributed by atoms with Gasteiger partial charge >= 0.3 is 0 Å². The molecule has 3 heterocycles. The summed E-state index contributed by atoms with van der Waals surface area (Å²) in [5.74, 6) is 1.67. The van der Waals surface area contributed by atoms with Crippen molar-refractivity contribution < 1.29 is 13.9 Å². The summed E-state index contributed by atoms with van der Waals surface area (Å²) >= 11 is 6.78. The molecule has 4 aliphatic carbocycles. The molecule has 1 saturated heterocycles. The van der Waals surface area contributed by atoms with E-state index in [1.807, 2.05) is 20.2 Å². The van der Waals surface area contributed by atoms with Gasteiger partial charge in [-0.2, -0.15) is 9.97 Å². The van der Waals surface area contributed by atoms with Gasteiger partial charge in [0.1, 0.15) is 6.10 Å². The number of imidazole rings is 1. The van der Waals surface area contributed by atoms with Gasteiger partial charge in [-0.25, -0.2) is 4.98 Å². The molecule has 9 rings (SSSR count). The molecule has 0 amide bonds. The maximum atomic E-state index is 7.63. The van der Waals surface area contributed by atoms with Crippen molar-refractivity contribution in [2.75, 3.05) is 11.9 Å². The lowest BCUT2D eigenvalue weighted by Crippen LogP contribution is -2.67. The molecule has 5 aliphatic rings. The third kappa shape index (κ3) is 5.67. The second-order valence-electron chi connectivity index (χ2n) is 17.9. The maximum Gasteiger partial charge on any atom is 0.261 e. The number of fused-ring (bicyclic) bond motifs is 4. The van der Waals surface area contributed by atoms with Crippen molar-refractivity contribution in [2.45, 2.75) is 128 Å².